The summed E-state index contributed by atoms with van der Waals surface area (Å²) in [6.07, 6.45) is 7.18. The summed E-state index contributed by atoms with van der Waals surface area (Å²) in [6, 6.07) is 0. The minimum absolute atomic E-state index is 0.0290. The predicted molar refractivity (Wildman–Crippen MR) is 51.4 cm³/mol. The van der Waals surface area contributed by atoms with Crippen LogP contribution in [0.15, 0.2) is 24.0 Å². The molecule has 0 saturated heterocycles. The second-order valence-corrected chi connectivity index (χ2v) is 2.83. The van der Waals surface area contributed by atoms with Gasteiger partial charge in [0.05, 0.1) is 5.57 Å². The Kier molecular flexibility index (Phi) is 3.88. The number of carbonyl (C=O) groups is 1. The first-order valence-corrected chi connectivity index (χ1v) is 4.50. The highest BCUT2D eigenvalue weighted by molar-refractivity contribution is 5.96. The normalized spacial score (nSPS) is 14.1. The monoisotopic (exact) mass is 181 g/mol. The van der Waals surface area contributed by atoms with Gasteiger partial charge in [0.1, 0.15) is 0 Å². The zero-order valence-electron chi connectivity index (χ0n) is 7.76. The Morgan fingerprint density at radius 3 is 3.00 bits per heavy atom. The topological polar surface area (TPSA) is 53.2 Å². The largest absolute Gasteiger partial charge is 0.352 e. The van der Waals surface area contributed by atoms with Gasteiger partial charge in [0.2, 0.25) is 0 Å². The van der Waals surface area contributed by atoms with Crippen LogP contribution in [0.3, 0.4) is 0 Å². The lowest BCUT2D eigenvalue weighted by Crippen LogP contribution is -2.30. The van der Waals surface area contributed by atoms with E-state index < -0.39 is 0 Å². The maximum Gasteiger partial charge on any atom is 0.252 e. The lowest BCUT2D eigenvalue weighted by Gasteiger charge is -2.09. The fraction of sp³-hybridized carbons (Fsp3) is 0.444. The Balaban J connectivity index is 2.30. The van der Waals surface area contributed by atoms with Crippen LogP contribution in [0.2, 0.25) is 0 Å². The summed E-state index contributed by atoms with van der Waals surface area (Å²) >= 11 is 0. The molecule has 72 valence electrons. The predicted octanol–water partition coefficient (Wildman–Crippen LogP) is 0.408. The van der Waals surface area contributed by atoms with E-state index in [1.54, 1.807) is 18.5 Å². The summed E-state index contributed by atoms with van der Waals surface area (Å²) in [4.78, 5) is 11.4. The molecule has 1 aliphatic heterocycles. The molecule has 13 heavy (non-hydrogen) atoms. The van der Waals surface area contributed by atoms with Crippen LogP contribution >= 0.6 is 0 Å². The average molecular weight is 181 g/mol. The molecule has 4 heteroatoms. The average Bonchev–Trinajstić information content (AvgIpc) is 2.19. The van der Waals surface area contributed by atoms with Crippen molar-refractivity contribution in [1.82, 2.24) is 16.2 Å². The molecule has 0 bridgehead atoms. The number of hydrogen-bond acceptors (Lipinski definition) is 3. The number of rotatable bonds is 4. The molecule has 0 aromatic heterocycles. The molecule has 0 fully saturated rings. The number of hydrazine groups is 1. The second-order valence-electron chi connectivity index (χ2n) is 2.83. The molecule has 1 heterocycles. The van der Waals surface area contributed by atoms with E-state index in [2.05, 4.69) is 23.1 Å². The molecule has 4 nitrogen and oxygen atoms in total. The minimum Gasteiger partial charge on any atom is -0.352 e. The first kappa shape index (κ1) is 9.64. The fourth-order valence-electron chi connectivity index (χ4n) is 0.969. The zero-order chi connectivity index (χ0) is 9.52. The van der Waals surface area contributed by atoms with Gasteiger partial charge in [-0.1, -0.05) is 13.3 Å². The Morgan fingerprint density at radius 1 is 1.54 bits per heavy atom. The molecule has 0 saturated carbocycles. The van der Waals surface area contributed by atoms with Crippen LogP contribution in [0, 0.1) is 0 Å². The third kappa shape index (κ3) is 3.19. The van der Waals surface area contributed by atoms with Gasteiger partial charge in [-0.3, -0.25) is 4.79 Å². The molecule has 1 rings (SSSR count). The Morgan fingerprint density at radius 2 is 2.38 bits per heavy atom. The van der Waals surface area contributed by atoms with E-state index >= 15 is 0 Å². The van der Waals surface area contributed by atoms with Crippen molar-refractivity contribution >= 4 is 5.91 Å². The van der Waals surface area contributed by atoms with Crippen LogP contribution in [-0.2, 0) is 4.79 Å². The maximum absolute atomic E-state index is 11.4. The van der Waals surface area contributed by atoms with Crippen LogP contribution in [0.5, 0.6) is 0 Å². The summed E-state index contributed by atoms with van der Waals surface area (Å²) in [5.74, 6) is -0.0290. The molecular formula is C9H15N3O. The molecule has 0 aromatic carbocycles. The number of unbranched alkanes of at least 4 members (excludes halogenated alkanes) is 1. The van der Waals surface area contributed by atoms with Crippen molar-refractivity contribution in [2.75, 3.05) is 6.54 Å². The van der Waals surface area contributed by atoms with Crippen LogP contribution in [0.4, 0.5) is 0 Å². The number of amides is 1. The summed E-state index contributed by atoms with van der Waals surface area (Å²) in [7, 11) is 0. The van der Waals surface area contributed by atoms with Gasteiger partial charge in [-0.05, 0) is 12.5 Å². The van der Waals surface area contributed by atoms with Gasteiger partial charge in [-0.15, -0.1) is 0 Å². The van der Waals surface area contributed by atoms with Gasteiger partial charge in [-0.2, -0.15) is 0 Å². The Hall–Kier alpha value is -1.45. The maximum atomic E-state index is 11.4. The van der Waals surface area contributed by atoms with Gasteiger partial charge in [0, 0.05) is 18.9 Å². The summed E-state index contributed by atoms with van der Waals surface area (Å²) in [5, 5.41) is 2.83. The van der Waals surface area contributed by atoms with Gasteiger partial charge >= 0.3 is 0 Å². The highest BCUT2D eigenvalue weighted by Crippen LogP contribution is 1.97. The molecule has 0 spiro atoms. The first-order chi connectivity index (χ1) is 6.34. The molecule has 1 aliphatic rings. The van der Waals surface area contributed by atoms with Gasteiger partial charge in [-0.25, -0.2) is 0 Å². The van der Waals surface area contributed by atoms with Crippen molar-refractivity contribution in [1.29, 1.82) is 0 Å². The van der Waals surface area contributed by atoms with E-state index in [9.17, 15) is 4.79 Å². The van der Waals surface area contributed by atoms with Crippen molar-refractivity contribution in [3.63, 3.8) is 0 Å². The van der Waals surface area contributed by atoms with Crippen LogP contribution in [0.1, 0.15) is 19.8 Å². The van der Waals surface area contributed by atoms with Gasteiger partial charge in [0.25, 0.3) is 5.91 Å². The third-order valence-electron chi connectivity index (χ3n) is 1.74. The van der Waals surface area contributed by atoms with Crippen LogP contribution in [-0.4, -0.2) is 12.5 Å². The van der Waals surface area contributed by atoms with Crippen molar-refractivity contribution < 1.29 is 4.79 Å². The molecule has 0 aliphatic carbocycles. The van der Waals surface area contributed by atoms with Crippen LogP contribution < -0.4 is 16.2 Å². The van der Waals surface area contributed by atoms with E-state index in [4.69, 9.17) is 0 Å². The van der Waals surface area contributed by atoms with E-state index in [0.29, 0.717) is 5.57 Å². The van der Waals surface area contributed by atoms with Gasteiger partial charge in [0.15, 0.2) is 0 Å². The Labute approximate surface area is 78.1 Å². The number of carbonyl (C=O) groups excluding carboxylic acids is 1. The third-order valence-corrected chi connectivity index (χ3v) is 1.74. The number of hydrogen-bond donors (Lipinski definition) is 3. The van der Waals surface area contributed by atoms with Gasteiger partial charge < -0.3 is 16.2 Å². The summed E-state index contributed by atoms with van der Waals surface area (Å²) < 4.78 is 0. The lowest BCUT2D eigenvalue weighted by atomic mass is 10.2. The van der Waals surface area contributed by atoms with E-state index in [1.165, 1.54) is 0 Å². The molecule has 0 atom stereocenters. The smallest absolute Gasteiger partial charge is 0.252 e. The highest BCUT2D eigenvalue weighted by Gasteiger charge is 2.06. The molecule has 3 N–H and O–H groups in total. The van der Waals surface area contributed by atoms with Crippen LogP contribution in [0.25, 0.3) is 0 Å². The first-order valence-electron chi connectivity index (χ1n) is 4.50. The fourth-order valence-corrected chi connectivity index (χ4v) is 0.969. The molecule has 0 aromatic rings. The second kappa shape index (κ2) is 5.24. The van der Waals surface area contributed by atoms with E-state index in [1.807, 2.05) is 0 Å². The molecular weight excluding hydrogens is 166 g/mol. The highest BCUT2D eigenvalue weighted by atomic mass is 16.1. The van der Waals surface area contributed by atoms with E-state index in [-0.39, 0.29) is 5.91 Å². The van der Waals surface area contributed by atoms with Crippen molar-refractivity contribution in [2.24, 2.45) is 0 Å². The summed E-state index contributed by atoms with van der Waals surface area (Å²) in [5.41, 5.74) is 6.14. The standard InChI is InChI=1S/C9H15N3O/c1-2-3-5-10-9(13)8-4-6-11-12-7-8/h4,6-7,11-12H,2-3,5H2,1H3,(H,10,13). The lowest BCUT2D eigenvalue weighted by molar-refractivity contribution is -0.117. The number of nitrogens with one attached hydrogen (secondary N) is 3. The molecule has 0 unspecified atom stereocenters. The minimum atomic E-state index is -0.0290. The van der Waals surface area contributed by atoms with Crippen molar-refractivity contribution in [3.8, 4) is 0 Å². The van der Waals surface area contributed by atoms with Crippen molar-refractivity contribution in [3.05, 3.63) is 24.0 Å². The summed E-state index contributed by atoms with van der Waals surface area (Å²) in [6.45, 7) is 2.84. The molecule has 1 amide bonds. The quantitative estimate of drug-likeness (QED) is 0.550. The van der Waals surface area contributed by atoms with Crippen molar-refractivity contribution in [2.45, 2.75) is 19.8 Å². The molecule has 0 radical (unpaired) electrons. The SMILES string of the molecule is CCCCNC(=O)C1=CNNC=C1. The zero-order valence-corrected chi connectivity index (χ0v) is 7.76. The Bertz CT molecular complexity index is 233. The van der Waals surface area contributed by atoms with E-state index in [0.717, 1.165) is 19.4 Å².